The van der Waals surface area contributed by atoms with Gasteiger partial charge in [0.05, 0.1) is 27.0 Å². The first kappa shape index (κ1) is 24.6. The lowest BCUT2D eigenvalue weighted by molar-refractivity contribution is -0.384. The van der Waals surface area contributed by atoms with Crippen molar-refractivity contribution >= 4 is 86.1 Å². The SMILES string of the molecule is O=[N+]([O-])c1cccc(-c2cccc3c2sc2ccccc23)c1-c1cc2c(c3ccccc13)c1cccc3c4ccccc4n2c31. The molecule has 0 N–H and O–H groups in total. The summed E-state index contributed by atoms with van der Waals surface area (Å²) in [6.07, 6.45) is 0. The Kier molecular flexibility index (Phi) is 4.86. The number of nitrogens with zero attached hydrogens (tertiary/aromatic N) is 2. The van der Waals surface area contributed by atoms with Crippen LogP contribution in [0.25, 0.3) is 91.3 Å². The van der Waals surface area contributed by atoms with Crippen LogP contribution in [0.1, 0.15) is 0 Å². The van der Waals surface area contributed by atoms with Gasteiger partial charge in [-0.05, 0) is 40.1 Å². The Morgan fingerprint density at radius 2 is 1.18 bits per heavy atom. The third kappa shape index (κ3) is 3.20. The van der Waals surface area contributed by atoms with Crippen molar-refractivity contribution in [2.75, 3.05) is 0 Å². The Morgan fingerprint density at radius 3 is 2.04 bits per heavy atom. The molecule has 0 amide bonds. The summed E-state index contributed by atoms with van der Waals surface area (Å²) < 4.78 is 4.69. The molecule has 3 aromatic heterocycles. The summed E-state index contributed by atoms with van der Waals surface area (Å²) in [7, 11) is 0. The lowest BCUT2D eigenvalue weighted by Gasteiger charge is -2.15. The molecule has 10 aromatic rings. The van der Waals surface area contributed by atoms with Crippen molar-refractivity contribution in [1.82, 2.24) is 4.40 Å². The number of aromatic nitrogens is 1. The maximum Gasteiger partial charge on any atom is 0.277 e. The molecule has 45 heavy (non-hydrogen) atoms. The maximum atomic E-state index is 12.8. The van der Waals surface area contributed by atoms with Gasteiger partial charge in [-0.2, -0.15) is 0 Å². The predicted octanol–water partition coefficient (Wildman–Crippen LogP) is 11.6. The number of hydrogen-bond donors (Lipinski definition) is 0. The van der Waals surface area contributed by atoms with Gasteiger partial charge in [0.1, 0.15) is 0 Å². The summed E-state index contributed by atoms with van der Waals surface area (Å²) >= 11 is 1.74. The Morgan fingerprint density at radius 1 is 0.533 bits per heavy atom. The third-order valence-corrected chi connectivity index (χ3v) is 10.7. The summed E-state index contributed by atoms with van der Waals surface area (Å²) in [6, 6.07) is 45.9. The van der Waals surface area contributed by atoms with Crippen molar-refractivity contribution in [3.05, 3.63) is 144 Å². The summed E-state index contributed by atoms with van der Waals surface area (Å²) in [6.45, 7) is 0. The average molecular weight is 595 g/mol. The molecule has 5 heteroatoms. The van der Waals surface area contributed by atoms with Gasteiger partial charge in [0, 0.05) is 53.3 Å². The fourth-order valence-corrected chi connectivity index (χ4v) is 8.89. The number of fused-ring (bicyclic) bond motifs is 11. The highest BCUT2D eigenvalue weighted by molar-refractivity contribution is 7.26. The van der Waals surface area contributed by atoms with Crippen LogP contribution in [0.2, 0.25) is 0 Å². The first-order valence-electron chi connectivity index (χ1n) is 15.0. The summed E-state index contributed by atoms with van der Waals surface area (Å²) in [5.41, 5.74) is 6.87. The number of nitro groups is 1. The molecule has 0 fully saturated rings. The monoisotopic (exact) mass is 594 g/mol. The number of hydrogen-bond acceptors (Lipinski definition) is 3. The van der Waals surface area contributed by atoms with Gasteiger partial charge in [-0.1, -0.05) is 109 Å². The Bertz CT molecular complexity index is 2850. The molecule has 0 aliphatic carbocycles. The van der Waals surface area contributed by atoms with Crippen LogP contribution in [0.5, 0.6) is 0 Å². The second-order valence-electron chi connectivity index (χ2n) is 11.7. The van der Waals surface area contributed by atoms with E-state index in [9.17, 15) is 10.1 Å². The number of thiophene rings is 1. The quantitative estimate of drug-likeness (QED) is 0.151. The van der Waals surface area contributed by atoms with Crippen molar-refractivity contribution in [1.29, 1.82) is 0 Å². The topological polar surface area (TPSA) is 47.5 Å². The van der Waals surface area contributed by atoms with Crippen molar-refractivity contribution in [2.45, 2.75) is 0 Å². The van der Waals surface area contributed by atoms with Crippen LogP contribution in [0.15, 0.2) is 133 Å². The van der Waals surface area contributed by atoms with Gasteiger partial charge >= 0.3 is 0 Å². The van der Waals surface area contributed by atoms with E-state index in [1.807, 2.05) is 18.2 Å². The van der Waals surface area contributed by atoms with Gasteiger partial charge in [-0.3, -0.25) is 10.1 Å². The normalized spacial score (nSPS) is 12.2. The molecular formula is C40H22N2O2S. The zero-order chi connectivity index (χ0) is 29.8. The lowest BCUT2D eigenvalue weighted by Crippen LogP contribution is -1.96. The molecule has 0 spiro atoms. The molecule has 0 aliphatic rings. The van der Waals surface area contributed by atoms with Crippen LogP contribution in [0, 0.1) is 10.1 Å². The molecule has 0 saturated heterocycles. The number of rotatable bonds is 3. The van der Waals surface area contributed by atoms with Crippen molar-refractivity contribution in [3.8, 4) is 22.3 Å². The van der Waals surface area contributed by atoms with Crippen LogP contribution in [0.3, 0.4) is 0 Å². The molecule has 0 aliphatic heterocycles. The zero-order valence-electron chi connectivity index (χ0n) is 23.8. The first-order valence-corrected chi connectivity index (χ1v) is 15.8. The highest BCUT2D eigenvalue weighted by atomic mass is 32.1. The molecule has 0 bridgehead atoms. The third-order valence-electron chi connectivity index (χ3n) is 9.43. The zero-order valence-corrected chi connectivity index (χ0v) is 24.6. The Hall–Kier alpha value is -5.78. The van der Waals surface area contributed by atoms with Gasteiger partial charge in [0.25, 0.3) is 5.69 Å². The van der Waals surface area contributed by atoms with E-state index >= 15 is 0 Å². The van der Waals surface area contributed by atoms with E-state index in [4.69, 9.17) is 0 Å². The van der Waals surface area contributed by atoms with E-state index < -0.39 is 0 Å². The Balaban J connectivity index is 1.40. The van der Waals surface area contributed by atoms with Crippen molar-refractivity contribution < 1.29 is 4.92 Å². The number of nitro benzene ring substituents is 1. The van der Waals surface area contributed by atoms with Crippen molar-refractivity contribution in [3.63, 3.8) is 0 Å². The summed E-state index contributed by atoms with van der Waals surface area (Å²) in [4.78, 5) is 12.6. The Labute approximate surface area is 260 Å². The van der Waals surface area contributed by atoms with E-state index in [0.29, 0.717) is 5.56 Å². The fourth-order valence-electron chi connectivity index (χ4n) is 7.66. The molecule has 210 valence electrons. The highest BCUT2D eigenvalue weighted by Gasteiger charge is 2.26. The molecule has 0 unspecified atom stereocenters. The van der Waals surface area contributed by atoms with E-state index in [2.05, 4.69) is 114 Å². The predicted molar refractivity (Wildman–Crippen MR) is 189 cm³/mol. The largest absolute Gasteiger partial charge is 0.308 e. The minimum atomic E-state index is -0.232. The van der Waals surface area contributed by atoms with Gasteiger partial charge in [-0.15, -0.1) is 11.3 Å². The molecule has 4 nitrogen and oxygen atoms in total. The summed E-state index contributed by atoms with van der Waals surface area (Å²) in [5.74, 6) is 0. The second kappa shape index (κ2) is 8.88. The number of para-hydroxylation sites is 2. The lowest BCUT2D eigenvalue weighted by atomic mass is 9.88. The van der Waals surface area contributed by atoms with Crippen LogP contribution >= 0.6 is 11.3 Å². The molecule has 0 radical (unpaired) electrons. The molecule has 10 rings (SSSR count). The molecular weight excluding hydrogens is 573 g/mol. The molecule has 3 heterocycles. The van der Waals surface area contributed by atoms with Gasteiger partial charge in [0.2, 0.25) is 0 Å². The van der Waals surface area contributed by atoms with Crippen LogP contribution in [-0.4, -0.2) is 9.32 Å². The van der Waals surface area contributed by atoms with Gasteiger partial charge in [0.15, 0.2) is 0 Å². The van der Waals surface area contributed by atoms with Gasteiger partial charge < -0.3 is 4.40 Å². The fraction of sp³-hybridized carbons (Fsp3) is 0. The van der Waals surface area contributed by atoms with E-state index in [1.165, 1.54) is 42.5 Å². The number of benzene rings is 7. The van der Waals surface area contributed by atoms with Crippen molar-refractivity contribution in [2.24, 2.45) is 0 Å². The smallest absolute Gasteiger partial charge is 0.277 e. The second-order valence-corrected chi connectivity index (χ2v) is 12.7. The molecule has 0 saturated carbocycles. The van der Waals surface area contributed by atoms with Crippen LogP contribution < -0.4 is 0 Å². The summed E-state index contributed by atoms with van der Waals surface area (Å²) in [5, 5.41) is 22.1. The first-order chi connectivity index (χ1) is 22.2. The highest BCUT2D eigenvalue weighted by Crippen LogP contribution is 2.49. The minimum absolute atomic E-state index is 0.105. The van der Waals surface area contributed by atoms with Gasteiger partial charge in [-0.25, -0.2) is 0 Å². The van der Waals surface area contributed by atoms with E-state index in [1.54, 1.807) is 17.4 Å². The molecule has 0 atom stereocenters. The minimum Gasteiger partial charge on any atom is -0.308 e. The van der Waals surface area contributed by atoms with Crippen LogP contribution in [-0.2, 0) is 0 Å². The maximum absolute atomic E-state index is 12.8. The van der Waals surface area contributed by atoms with Crippen LogP contribution in [0.4, 0.5) is 5.69 Å². The standard InChI is InChI=1S/C40H22N2O2S/c43-42(44)34-20-9-14-27(30-17-8-16-29-25-12-4-6-21-36(25)45-40(29)30)38(34)32-22-35-37(26-13-2-1-10-23(26)32)31-18-7-15-28-24-11-3-5-19-33(24)41(35)39(28)31/h1-22H. The van der Waals surface area contributed by atoms with E-state index in [0.717, 1.165) is 43.2 Å². The molecule has 7 aromatic carbocycles. The van der Waals surface area contributed by atoms with E-state index in [-0.39, 0.29) is 10.6 Å². The average Bonchev–Trinajstić information content (AvgIpc) is 3.75.